The highest BCUT2D eigenvalue weighted by atomic mass is 19.1. The fourth-order valence-electron chi connectivity index (χ4n) is 2.00. The number of carbonyl (C=O) groups excluding carboxylic acids is 1. The number of nitrogens with two attached hydrogens (primary N) is 1. The Morgan fingerprint density at radius 2 is 2.00 bits per heavy atom. The normalized spacial score (nSPS) is 11.6. The number of ketones is 1. The van der Waals surface area contributed by atoms with Crippen LogP contribution in [-0.4, -0.2) is 12.3 Å². The standard InChI is InChI=1S/C15H22FNO/c1-11-4-5-12(16)10-13(11)14(18)6-7-15(2,3)8-9-17/h4-5,10H,6-9,17H2,1-3H3. The smallest absolute Gasteiger partial charge is 0.163 e. The molecule has 0 unspecified atom stereocenters. The van der Waals surface area contributed by atoms with Crippen LogP contribution in [0.4, 0.5) is 4.39 Å². The van der Waals surface area contributed by atoms with Gasteiger partial charge in [0.1, 0.15) is 5.82 Å². The molecule has 0 aliphatic carbocycles. The van der Waals surface area contributed by atoms with Gasteiger partial charge in [-0.25, -0.2) is 4.39 Å². The second kappa shape index (κ2) is 6.10. The summed E-state index contributed by atoms with van der Waals surface area (Å²) in [5.41, 5.74) is 6.93. The predicted molar refractivity (Wildman–Crippen MR) is 72.2 cm³/mol. The maximum atomic E-state index is 13.1. The lowest BCUT2D eigenvalue weighted by molar-refractivity contribution is 0.0960. The molecule has 100 valence electrons. The van der Waals surface area contributed by atoms with Gasteiger partial charge in [0.05, 0.1) is 0 Å². The summed E-state index contributed by atoms with van der Waals surface area (Å²) in [6.45, 7) is 6.66. The van der Waals surface area contributed by atoms with Gasteiger partial charge in [0.25, 0.3) is 0 Å². The maximum absolute atomic E-state index is 13.1. The van der Waals surface area contributed by atoms with Crippen molar-refractivity contribution in [1.82, 2.24) is 0 Å². The summed E-state index contributed by atoms with van der Waals surface area (Å²) in [5.74, 6) is -0.345. The summed E-state index contributed by atoms with van der Waals surface area (Å²) in [5, 5.41) is 0. The molecule has 1 aromatic rings. The highest BCUT2D eigenvalue weighted by molar-refractivity contribution is 5.97. The van der Waals surface area contributed by atoms with Crippen molar-refractivity contribution in [2.24, 2.45) is 11.1 Å². The molecule has 1 rings (SSSR count). The quantitative estimate of drug-likeness (QED) is 0.787. The van der Waals surface area contributed by atoms with E-state index in [1.807, 2.05) is 6.92 Å². The van der Waals surface area contributed by atoms with Gasteiger partial charge in [-0.15, -0.1) is 0 Å². The first-order valence-corrected chi connectivity index (χ1v) is 6.35. The Labute approximate surface area is 108 Å². The minimum Gasteiger partial charge on any atom is -0.330 e. The zero-order valence-corrected chi connectivity index (χ0v) is 11.4. The number of Topliss-reactive ketones (excluding diaryl/α,β-unsaturated/α-hetero) is 1. The Morgan fingerprint density at radius 1 is 1.33 bits per heavy atom. The molecule has 0 atom stereocenters. The van der Waals surface area contributed by atoms with Crippen LogP contribution in [0.2, 0.25) is 0 Å². The SMILES string of the molecule is Cc1ccc(F)cc1C(=O)CCC(C)(C)CCN. The van der Waals surface area contributed by atoms with Crippen molar-refractivity contribution in [3.05, 3.63) is 35.1 Å². The molecule has 0 radical (unpaired) electrons. The number of hydrogen-bond acceptors (Lipinski definition) is 2. The number of rotatable bonds is 6. The number of benzene rings is 1. The van der Waals surface area contributed by atoms with Gasteiger partial charge in [-0.1, -0.05) is 19.9 Å². The zero-order chi connectivity index (χ0) is 13.8. The molecular formula is C15H22FNO. The van der Waals surface area contributed by atoms with E-state index < -0.39 is 0 Å². The first-order valence-electron chi connectivity index (χ1n) is 6.35. The molecule has 0 saturated heterocycles. The molecule has 2 nitrogen and oxygen atoms in total. The lowest BCUT2D eigenvalue weighted by Gasteiger charge is -2.23. The molecule has 1 aromatic carbocycles. The van der Waals surface area contributed by atoms with E-state index in [2.05, 4.69) is 13.8 Å². The Kier molecular flexibility index (Phi) is 5.03. The summed E-state index contributed by atoms with van der Waals surface area (Å²) < 4.78 is 13.1. The minimum absolute atomic E-state index is 0.0112. The number of hydrogen-bond donors (Lipinski definition) is 1. The van der Waals surface area contributed by atoms with E-state index in [4.69, 9.17) is 5.73 Å². The van der Waals surface area contributed by atoms with Crippen LogP contribution in [-0.2, 0) is 0 Å². The van der Waals surface area contributed by atoms with Gasteiger partial charge in [0.2, 0.25) is 0 Å². The van der Waals surface area contributed by atoms with Crippen molar-refractivity contribution >= 4 is 5.78 Å². The fourth-order valence-corrected chi connectivity index (χ4v) is 2.00. The van der Waals surface area contributed by atoms with E-state index in [1.54, 1.807) is 6.07 Å². The van der Waals surface area contributed by atoms with Crippen LogP contribution in [0.15, 0.2) is 18.2 Å². The van der Waals surface area contributed by atoms with Gasteiger partial charge in [0, 0.05) is 12.0 Å². The summed E-state index contributed by atoms with van der Waals surface area (Å²) in [6, 6.07) is 4.35. The molecule has 0 bridgehead atoms. The van der Waals surface area contributed by atoms with Crippen LogP contribution < -0.4 is 5.73 Å². The molecule has 0 aromatic heterocycles. The first kappa shape index (κ1) is 14.8. The monoisotopic (exact) mass is 251 g/mol. The molecule has 18 heavy (non-hydrogen) atoms. The van der Waals surface area contributed by atoms with Crippen LogP contribution in [0.1, 0.15) is 49.0 Å². The molecule has 3 heteroatoms. The second-order valence-corrected chi connectivity index (χ2v) is 5.59. The molecular weight excluding hydrogens is 229 g/mol. The summed E-state index contributed by atoms with van der Waals surface area (Å²) in [4.78, 5) is 12.1. The average molecular weight is 251 g/mol. The van der Waals surface area contributed by atoms with Crippen molar-refractivity contribution in [2.45, 2.75) is 40.0 Å². The van der Waals surface area contributed by atoms with Gasteiger partial charge in [-0.3, -0.25) is 4.79 Å². The van der Waals surface area contributed by atoms with E-state index in [0.717, 1.165) is 18.4 Å². The summed E-state index contributed by atoms with van der Waals surface area (Å²) >= 11 is 0. The van der Waals surface area contributed by atoms with Gasteiger partial charge >= 0.3 is 0 Å². The molecule has 0 saturated carbocycles. The third-order valence-electron chi connectivity index (χ3n) is 3.35. The average Bonchev–Trinajstić information content (AvgIpc) is 2.29. The van der Waals surface area contributed by atoms with Gasteiger partial charge in [0.15, 0.2) is 5.78 Å². The van der Waals surface area contributed by atoms with E-state index in [9.17, 15) is 9.18 Å². The van der Waals surface area contributed by atoms with Crippen LogP contribution in [0, 0.1) is 18.2 Å². The highest BCUT2D eigenvalue weighted by Gasteiger charge is 2.19. The lowest BCUT2D eigenvalue weighted by Crippen LogP contribution is -2.18. The third-order valence-corrected chi connectivity index (χ3v) is 3.35. The topological polar surface area (TPSA) is 43.1 Å². The molecule has 0 aliphatic heterocycles. The Hall–Kier alpha value is -1.22. The maximum Gasteiger partial charge on any atom is 0.163 e. The van der Waals surface area contributed by atoms with Crippen molar-refractivity contribution in [3.8, 4) is 0 Å². The number of carbonyl (C=O) groups is 1. The van der Waals surface area contributed by atoms with Crippen LogP contribution in [0.3, 0.4) is 0 Å². The van der Waals surface area contributed by atoms with Crippen molar-refractivity contribution in [2.75, 3.05) is 6.54 Å². The highest BCUT2D eigenvalue weighted by Crippen LogP contribution is 2.27. The van der Waals surface area contributed by atoms with Crippen LogP contribution in [0.25, 0.3) is 0 Å². The minimum atomic E-state index is -0.356. The van der Waals surface area contributed by atoms with Gasteiger partial charge < -0.3 is 5.73 Å². The third kappa shape index (κ3) is 4.22. The Morgan fingerprint density at radius 3 is 2.61 bits per heavy atom. The molecule has 0 heterocycles. The fraction of sp³-hybridized carbons (Fsp3) is 0.533. The molecule has 0 aliphatic rings. The van der Waals surface area contributed by atoms with E-state index in [0.29, 0.717) is 18.5 Å². The number of halogens is 1. The van der Waals surface area contributed by atoms with E-state index >= 15 is 0 Å². The predicted octanol–water partition coefficient (Wildman–Crippen LogP) is 3.47. The summed E-state index contributed by atoms with van der Waals surface area (Å²) in [6.07, 6.45) is 2.11. The van der Waals surface area contributed by atoms with Crippen LogP contribution >= 0.6 is 0 Å². The zero-order valence-electron chi connectivity index (χ0n) is 11.4. The van der Waals surface area contributed by atoms with Crippen LogP contribution in [0.5, 0.6) is 0 Å². The first-order chi connectivity index (χ1) is 8.35. The largest absolute Gasteiger partial charge is 0.330 e. The van der Waals surface area contributed by atoms with Crippen molar-refractivity contribution < 1.29 is 9.18 Å². The Balaban J connectivity index is 2.69. The van der Waals surface area contributed by atoms with Crippen molar-refractivity contribution in [1.29, 1.82) is 0 Å². The van der Waals surface area contributed by atoms with E-state index in [-0.39, 0.29) is 17.0 Å². The van der Waals surface area contributed by atoms with Gasteiger partial charge in [-0.05, 0) is 49.4 Å². The van der Waals surface area contributed by atoms with Gasteiger partial charge in [-0.2, -0.15) is 0 Å². The second-order valence-electron chi connectivity index (χ2n) is 5.59. The van der Waals surface area contributed by atoms with Crippen molar-refractivity contribution in [3.63, 3.8) is 0 Å². The molecule has 0 spiro atoms. The molecule has 2 N–H and O–H groups in total. The lowest BCUT2D eigenvalue weighted by atomic mass is 9.83. The van der Waals surface area contributed by atoms with E-state index in [1.165, 1.54) is 12.1 Å². The number of aryl methyl sites for hydroxylation is 1. The Bertz CT molecular complexity index is 427. The molecule has 0 amide bonds. The summed E-state index contributed by atoms with van der Waals surface area (Å²) in [7, 11) is 0. The molecule has 0 fully saturated rings.